The van der Waals surface area contributed by atoms with Crippen molar-refractivity contribution in [2.45, 2.75) is 39.5 Å². The van der Waals surface area contributed by atoms with Gasteiger partial charge in [0.2, 0.25) is 0 Å². The van der Waals surface area contributed by atoms with Crippen LogP contribution in [0.4, 0.5) is 4.39 Å². The lowest BCUT2D eigenvalue weighted by atomic mass is 10.1. The molecule has 0 saturated carbocycles. The van der Waals surface area contributed by atoms with E-state index in [-0.39, 0.29) is 29.5 Å². The molecule has 1 aromatic carbocycles. The van der Waals surface area contributed by atoms with Crippen LogP contribution in [0.5, 0.6) is 5.75 Å². The van der Waals surface area contributed by atoms with Gasteiger partial charge in [-0.2, -0.15) is 5.10 Å². The maximum atomic E-state index is 12.3. The summed E-state index contributed by atoms with van der Waals surface area (Å²) in [5.41, 5.74) is 0.951. The van der Waals surface area contributed by atoms with Gasteiger partial charge >= 0.3 is 0 Å². The molecular weight excluding hydrogens is 347 g/mol. The number of ether oxygens (including phenoxy) is 2. The van der Waals surface area contributed by atoms with Crippen molar-refractivity contribution in [1.82, 2.24) is 9.78 Å². The zero-order valence-corrected chi connectivity index (χ0v) is 15.3. The van der Waals surface area contributed by atoms with E-state index >= 15 is 0 Å². The highest BCUT2D eigenvalue weighted by molar-refractivity contribution is 6.31. The van der Waals surface area contributed by atoms with Crippen LogP contribution in [0, 0.1) is 0 Å². The largest absolute Gasteiger partial charge is 0.485 e. The predicted molar refractivity (Wildman–Crippen MR) is 94.9 cm³/mol. The summed E-state index contributed by atoms with van der Waals surface area (Å²) in [7, 11) is 0. The predicted octanol–water partition coefficient (Wildman–Crippen LogP) is 3.72. The summed E-state index contributed by atoms with van der Waals surface area (Å²) in [6.45, 7) is 5.75. The Morgan fingerprint density at radius 3 is 2.56 bits per heavy atom. The minimum Gasteiger partial charge on any atom is -0.485 e. The normalized spacial score (nSPS) is 11.6. The van der Waals surface area contributed by atoms with E-state index in [1.807, 2.05) is 45.0 Å². The molecule has 0 radical (unpaired) electrons. The monoisotopic (exact) mass is 368 g/mol. The molecule has 2 rings (SSSR count). The summed E-state index contributed by atoms with van der Waals surface area (Å²) >= 11 is 6.13. The van der Waals surface area contributed by atoms with Crippen LogP contribution >= 0.6 is 11.6 Å². The molecule has 0 spiro atoms. The molecule has 0 bridgehead atoms. The van der Waals surface area contributed by atoms with Crippen LogP contribution < -0.4 is 10.3 Å². The molecule has 25 heavy (non-hydrogen) atoms. The van der Waals surface area contributed by atoms with E-state index in [2.05, 4.69) is 5.10 Å². The summed E-state index contributed by atoms with van der Waals surface area (Å²) in [6.07, 6.45) is 1.45. The van der Waals surface area contributed by atoms with Crippen molar-refractivity contribution in [3.63, 3.8) is 0 Å². The van der Waals surface area contributed by atoms with Crippen LogP contribution in [0.25, 0.3) is 0 Å². The van der Waals surface area contributed by atoms with Crippen molar-refractivity contribution < 1.29 is 13.9 Å². The fraction of sp³-hybridized carbons (Fsp3) is 0.444. The van der Waals surface area contributed by atoms with Gasteiger partial charge in [-0.15, -0.1) is 0 Å². The van der Waals surface area contributed by atoms with Crippen LogP contribution in [-0.4, -0.2) is 23.1 Å². The van der Waals surface area contributed by atoms with Gasteiger partial charge in [-0.25, -0.2) is 9.07 Å². The number of rotatable bonds is 7. The summed E-state index contributed by atoms with van der Waals surface area (Å²) in [5, 5.41) is 4.14. The average Bonchev–Trinajstić information content (AvgIpc) is 2.56. The van der Waals surface area contributed by atoms with E-state index in [1.54, 1.807) is 0 Å². The SMILES string of the molecule is CC(C)(C)n1ncc(OCc2cccc(COCCF)c2)c(Cl)c1=O. The number of alkyl halides is 1. The van der Waals surface area contributed by atoms with Crippen LogP contribution in [0.15, 0.2) is 35.3 Å². The second-order valence-corrected chi connectivity index (χ2v) is 6.94. The lowest BCUT2D eigenvalue weighted by Crippen LogP contribution is -2.36. The van der Waals surface area contributed by atoms with Crippen molar-refractivity contribution in [1.29, 1.82) is 0 Å². The highest BCUT2D eigenvalue weighted by Gasteiger charge is 2.19. The molecule has 0 aliphatic carbocycles. The molecule has 0 fully saturated rings. The topological polar surface area (TPSA) is 53.4 Å². The highest BCUT2D eigenvalue weighted by Crippen LogP contribution is 2.22. The summed E-state index contributed by atoms with van der Waals surface area (Å²) in [6, 6.07) is 7.54. The van der Waals surface area contributed by atoms with Crippen molar-refractivity contribution in [3.05, 3.63) is 57.0 Å². The lowest BCUT2D eigenvalue weighted by Gasteiger charge is -2.21. The molecule has 2 aromatic rings. The van der Waals surface area contributed by atoms with Crippen LogP contribution in [0.1, 0.15) is 31.9 Å². The Balaban J connectivity index is 2.08. The van der Waals surface area contributed by atoms with E-state index in [0.29, 0.717) is 6.61 Å². The molecule has 0 aliphatic rings. The summed E-state index contributed by atoms with van der Waals surface area (Å²) < 4.78 is 24.2. The number of hydrogen-bond donors (Lipinski definition) is 0. The zero-order chi connectivity index (χ0) is 18.4. The van der Waals surface area contributed by atoms with E-state index in [1.165, 1.54) is 10.9 Å². The molecule has 0 aliphatic heterocycles. The van der Waals surface area contributed by atoms with Gasteiger partial charge in [-0.05, 0) is 31.9 Å². The maximum absolute atomic E-state index is 12.3. The summed E-state index contributed by atoms with van der Waals surface area (Å²) in [4.78, 5) is 12.3. The van der Waals surface area contributed by atoms with E-state index in [0.717, 1.165) is 11.1 Å². The number of aromatic nitrogens is 2. The Morgan fingerprint density at radius 1 is 1.24 bits per heavy atom. The van der Waals surface area contributed by atoms with Crippen molar-refractivity contribution in [2.75, 3.05) is 13.3 Å². The second kappa shape index (κ2) is 8.45. The van der Waals surface area contributed by atoms with E-state index in [4.69, 9.17) is 21.1 Å². The third kappa shape index (κ3) is 5.28. The van der Waals surface area contributed by atoms with Gasteiger partial charge in [0.25, 0.3) is 5.56 Å². The molecule has 0 atom stereocenters. The van der Waals surface area contributed by atoms with Crippen molar-refractivity contribution >= 4 is 11.6 Å². The van der Waals surface area contributed by atoms with Crippen LogP contribution in [0.2, 0.25) is 5.02 Å². The van der Waals surface area contributed by atoms with Gasteiger partial charge in [0.15, 0.2) is 10.8 Å². The minimum absolute atomic E-state index is 0.00681. The van der Waals surface area contributed by atoms with Crippen molar-refractivity contribution in [3.8, 4) is 5.75 Å². The first-order chi connectivity index (χ1) is 11.8. The van der Waals surface area contributed by atoms with Gasteiger partial charge in [0, 0.05) is 0 Å². The molecule has 0 N–H and O–H groups in total. The zero-order valence-electron chi connectivity index (χ0n) is 14.6. The smallest absolute Gasteiger partial charge is 0.289 e. The molecule has 0 amide bonds. The Labute approximate surface area is 151 Å². The Kier molecular flexibility index (Phi) is 6.56. The van der Waals surface area contributed by atoms with Gasteiger partial charge in [0.1, 0.15) is 13.3 Å². The number of benzene rings is 1. The fourth-order valence-corrected chi connectivity index (χ4v) is 2.39. The third-order valence-corrected chi connectivity index (χ3v) is 3.75. The second-order valence-electron chi connectivity index (χ2n) is 6.56. The third-order valence-electron chi connectivity index (χ3n) is 3.40. The lowest BCUT2D eigenvalue weighted by molar-refractivity contribution is 0.106. The molecule has 1 aromatic heterocycles. The van der Waals surface area contributed by atoms with Gasteiger partial charge in [-0.1, -0.05) is 35.9 Å². The first-order valence-electron chi connectivity index (χ1n) is 7.95. The average molecular weight is 369 g/mol. The highest BCUT2D eigenvalue weighted by atomic mass is 35.5. The minimum atomic E-state index is -0.506. The number of nitrogens with zero attached hydrogens (tertiary/aromatic N) is 2. The van der Waals surface area contributed by atoms with Crippen LogP contribution in [-0.2, 0) is 23.5 Å². The Morgan fingerprint density at radius 2 is 1.92 bits per heavy atom. The summed E-state index contributed by atoms with van der Waals surface area (Å²) in [5.74, 6) is 0.242. The van der Waals surface area contributed by atoms with Gasteiger partial charge in [-0.3, -0.25) is 4.79 Å². The Hall–Kier alpha value is -1.92. The number of halogens is 2. The molecule has 5 nitrogen and oxygen atoms in total. The van der Waals surface area contributed by atoms with Crippen molar-refractivity contribution in [2.24, 2.45) is 0 Å². The maximum Gasteiger partial charge on any atom is 0.289 e. The number of hydrogen-bond acceptors (Lipinski definition) is 4. The standard InChI is InChI=1S/C18H22ClFN2O3/c1-18(2,3)22-17(23)16(19)15(10-21-22)25-12-14-6-4-5-13(9-14)11-24-8-7-20/h4-6,9-10H,7-8,11-12H2,1-3H3. The van der Waals surface area contributed by atoms with Crippen LogP contribution in [0.3, 0.4) is 0 Å². The molecule has 7 heteroatoms. The quantitative estimate of drug-likeness (QED) is 0.699. The molecular formula is C18H22ClFN2O3. The van der Waals surface area contributed by atoms with E-state index < -0.39 is 12.2 Å². The first-order valence-corrected chi connectivity index (χ1v) is 8.33. The Bertz CT molecular complexity index is 772. The van der Waals surface area contributed by atoms with Gasteiger partial charge in [0.05, 0.1) is 24.9 Å². The fourth-order valence-electron chi connectivity index (χ4n) is 2.21. The first kappa shape index (κ1) is 19.4. The molecule has 136 valence electrons. The molecule has 0 saturated heterocycles. The van der Waals surface area contributed by atoms with Gasteiger partial charge < -0.3 is 9.47 Å². The molecule has 0 unspecified atom stereocenters. The molecule has 1 heterocycles. The van der Waals surface area contributed by atoms with E-state index in [9.17, 15) is 9.18 Å².